The van der Waals surface area contributed by atoms with E-state index in [4.69, 9.17) is 0 Å². The van der Waals surface area contributed by atoms with E-state index in [1.165, 1.54) is 12.8 Å². The SMILES string of the molecule is CN(CCNC1CC1)Cc1nccn1C. The summed E-state index contributed by atoms with van der Waals surface area (Å²) in [6.45, 7) is 3.10. The number of hydrogen-bond acceptors (Lipinski definition) is 3. The molecule has 1 N–H and O–H groups in total. The lowest BCUT2D eigenvalue weighted by Gasteiger charge is -2.16. The Labute approximate surface area is 91.3 Å². The average Bonchev–Trinajstić information content (AvgIpc) is 2.93. The molecule has 1 aliphatic rings. The number of aryl methyl sites for hydroxylation is 1. The zero-order chi connectivity index (χ0) is 10.7. The van der Waals surface area contributed by atoms with Gasteiger partial charge in [0.1, 0.15) is 5.82 Å². The molecule has 0 amide bonds. The minimum absolute atomic E-state index is 0.812. The second-order valence-corrected chi connectivity index (χ2v) is 4.42. The van der Waals surface area contributed by atoms with Crippen LogP contribution in [0.15, 0.2) is 12.4 Å². The molecular formula is C11H20N4. The van der Waals surface area contributed by atoms with Crippen molar-refractivity contribution >= 4 is 0 Å². The predicted molar refractivity (Wildman–Crippen MR) is 60.6 cm³/mol. The molecule has 1 aliphatic carbocycles. The van der Waals surface area contributed by atoms with Crippen LogP contribution in [0.4, 0.5) is 0 Å². The summed E-state index contributed by atoms with van der Waals surface area (Å²) in [5, 5.41) is 3.51. The zero-order valence-corrected chi connectivity index (χ0v) is 9.61. The summed E-state index contributed by atoms with van der Waals surface area (Å²) in [7, 11) is 4.18. The second-order valence-electron chi connectivity index (χ2n) is 4.42. The monoisotopic (exact) mass is 208 g/mol. The molecule has 1 heterocycles. The molecule has 2 rings (SSSR count). The van der Waals surface area contributed by atoms with Crippen LogP contribution in [0.1, 0.15) is 18.7 Å². The van der Waals surface area contributed by atoms with Crippen molar-refractivity contribution in [3.63, 3.8) is 0 Å². The third-order valence-electron chi connectivity index (χ3n) is 2.84. The summed E-state index contributed by atoms with van der Waals surface area (Å²) >= 11 is 0. The Morgan fingerprint density at radius 2 is 2.40 bits per heavy atom. The average molecular weight is 208 g/mol. The van der Waals surface area contributed by atoms with Gasteiger partial charge in [0.25, 0.3) is 0 Å². The highest BCUT2D eigenvalue weighted by molar-refractivity contribution is 4.90. The van der Waals surface area contributed by atoms with E-state index >= 15 is 0 Å². The van der Waals surface area contributed by atoms with Crippen molar-refractivity contribution in [2.45, 2.75) is 25.4 Å². The van der Waals surface area contributed by atoms with Crippen LogP contribution in [0.3, 0.4) is 0 Å². The van der Waals surface area contributed by atoms with Gasteiger partial charge in [-0.1, -0.05) is 0 Å². The highest BCUT2D eigenvalue weighted by Gasteiger charge is 2.19. The van der Waals surface area contributed by atoms with Gasteiger partial charge in [0.2, 0.25) is 0 Å². The van der Waals surface area contributed by atoms with Crippen LogP contribution in [0.2, 0.25) is 0 Å². The molecule has 4 heteroatoms. The van der Waals surface area contributed by atoms with Crippen LogP contribution in [0, 0.1) is 0 Å². The molecule has 15 heavy (non-hydrogen) atoms. The first-order valence-electron chi connectivity index (χ1n) is 5.64. The molecule has 1 saturated carbocycles. The minimum Gasteiger partial charge on any atom is -0.337 e. The number of likely N-dealkylation sites (N-methyl/N-ethyl adjacent to an activating group) is 1. The summed E-state index contributed by atoms with van der Waals surface area (Å²) in [6.07, 6.45) is 6.57. The molecule has 0 aromatic carbocycles. The maximum atomic E-state index is 4.31. The second kappa shape index (κ2) is 4.77. The third kappa shape index (κ3) is 3.32. The van der Waals surface area contributed by atoms with Crippen LogP contribution >= 0.6 is 0 Å². The van der Waals surface area contributed by atoms with Gasteiger partial charge in [0.05, 0.1) is 6.54 Å². The van der Waals surface area contributed by atoms with E-state index in [-0.39, 0.29) is 0 Å². The van der Waals surface area contributed by atoms with E-state index in [1.807, 2.05) is 19.4 Å². The van der Waals surface area contributed by atoms with Gasteiger partial charge in [-0.2, -0.15) is 0 Å². The van der Waals surface area contributed by atoms with Crippen molar-refractivity contribution in [2.75, 3.05) is 20.1 Å². The van der Waals surface area contributed by atoms with Gasteiger partial charge in [-0.05, 0) is 19.9 Å². The highest BCUT2D eigenvalue weighted by Crippen LogP contribution is 2.17. The van der Waals surface area contributed by atoms with Crippen molar-refractivity contribution in [1.29, 1.82) is 0 Å². The van der Waals surface area contributed by atoms with Gasteiger partial charge in [0, 0.05) is 38.6 Å². The molecule has 0 spiro atoms. The van der Waals surface area contributed by atoms with Crippen molar-refractivity contribution in [1.82, 2.24) is 19.8 Å². The summed E-state index contributed by atoms with van der Waals surface area (Å²) < 4.78 is 2.07. The van der Waals surface area contributed by atoms with Crippen molar-refractivity contribution in [2.24, 2.45) is 7.05 Å². The topological polar surface area (TPSA) is 33.1 Å². The molecule has 1 aromatic heterocycles. The van der Waals surface area contributed by atoms with Crippen LogP contribution < -0.4 is 5.32 Å². The summed E-state index contributed by atoms with van der Waals surface area (Å²) in [5.41, 5.74) is 0. The largest absolute Gasteiger partial charge is 0.337 e. The quantitative estimate of drug-likeness (QED) is 0.743. The Kier molecular flexibility index (Phi) is 3.38. The molecule has 1 aromatic rings. The lowest BCUT2D eigenvalue weighted by molar-refractivity contribution is 0.312. The van der Waals surface area contributed by atoms with E-state index < -0.39 is 0 Å². The Morgan fingerprint density at radius 1 is 1.60 bits per heavy atom. The van der Waals surface area contributed by atoms with Gasteiger partial charge in [-0.3, -0.25) is 4.90 Å². The van der Waals surface area contributed by atoms with E-state index in [9.17, 15) is 0 Å². The van der Waals surface area contributed by atoms with Gasteiger partial charge in [-0.15, -0.1) is 0 Å². The smallest absolute Gasteiger partial charge is 0.122 e. The molecule has 1 fully saturated rings. The summed E-state index contributed by atoms with van der Waals surface area (Å²) in [5.74, 6) is 1.13. The fraction of sp³-hybridized carbons (Fsp3) is 0.727. The van der Waals surface area contributed by atoms with E-state index in [1.54, 1.807) is 0 Å². The first-order valence-corrected chi connectivity index (χ1v) is 5.64. The maximum absolute atomic E-state index is 4.31. The number of nitrogens with zero attached hydrogens (tertiary/aromatic N) is 3. The van der Waals surface area contributed by atoms with Crippen LogP contribution in [-0.2, 0) is 13.6 Å². The number of rotatable bonds is 6. The maximum Gasteiger partial charge on any atom is 0.122 e. The highest BCUT2D eigenvalue weighted by atomic mass is 15.2. The molecule has 0 radical (unpaired) electrons. The minimum atomic E-state index is 0.812. The summed E-state index contributed by atoms with van der Waals surface area (Å²) in [6, 6.07) is 0.812. The lowest BCUT2D eigenvalue weighted by atomic mass is 10.4. The molecule has 0 atom stereocenters. The van der Waals surface area contributed by atoms with Gasteiger partial charge in [-0.25, -0.2) is 4.98 Å². The first kappa shape index (κ1) is 10.6. The number of hydrogen-bond donors (Lipinski definition) is 1. The fourth-order valence-corrected chi connectivity index (χ4v) is 1.62. The molecule has 0 bridgehead atoms. The van der Waals surface area contributed by atoms with E-state index in [0.29, 0.717) is 0 Å². The Morgan fingerprint density at radius 3 is 3.00 bits per heavy atom. The lowest BCUT2D eigenvalue weighted by Crippen LogP contribution is -2.30. The van der Waals surface area contributed by atoms with Crippen LogP contribution in [-0.4, -0.2) is 40.6 Å². The van der Waals surface area contributed by atoms with Crippen molar-refractivity contribution < 1.29 is 0 Å². The number of imidazole rings is 1. The number of aromatic nitrogens is 2. The normalized spacial score (nSPS) is 16.2. The Hall–Kier alpha value is -0.870. The standard InChI is InChI=1S/C11H20N4/c1-14(7-5-12-10-3-4-10)9-11-13-6-8-15(11)2/h6,8,10,12H,3-5,7,9H2,1-2H3. The first-order chi connectivity index (χ1) is 7.25. The zero-order valence-electron chi connectivity index (χ0n) is 9.61. The van der Waals surface area contributed by atoms with E-state index in [0.717, 1.165) is 31.5 Å². The molecule has 84 valence electrons. The number of nitrogens with one attached hydrogen (secondary N) is 1. The Balaban J connectivity index is 1.67. The molecule has 4 nitrogen and oxygen atoms in total. The van der Waals surface area contributed by atoms with Gasteiger partial charge < -0.3 is 9.88 Å². The van der Waals surface area contributed by atoms with Crippen molar-refractivity contribution in [3.05, 3.63) is 18.2 Å². The molecule has 0 saturated heterocycles. The molecule has 0 unspecified atom stereocenters. The summed E-state index contributed by atoms with van der Waals surface area (Å²) in [4.78, 5) is 6.62. The Bertz CT molecular complexity index is 303. The van der Waals surface area contributed by atoms with Gasteiger partial charge >= 0.3 is 0 Å². The van der Waals surface area contributed by atoms with Crippen LogP contribution in [0.5, 0.6) is 0 Å². The van der Waals surface area contributed by atoms with Crippen molar-refractivity contribution in [3.8, 4) is 0 Å². The molecule has 0 aliphatic heterocycles. The fourth-order valence-electron chi connectivity index (χ4n) is 1.62. The third-order valence-corrected chi connectivity index (χ3v) is 2.84. The van der Waals surface area contributed by atoms with Crippen LogP contribution in [0.25, 0.3) is 0 Å². The van der Waals surface area contributed by atoms with Gasteiger partial charge in [0.15, 0.2) is 0 Å². The predicted octanol–water partition coefficient (Wildman–Crippen LogP) is 0.604. The molecular weight excluding hydrogens is 188 g/mol. The van der Waals surface area contributed by atoms with E-state index in [2.05, 4.69) is 26.8 Å².